The van der Waals surface area contributed by atoms with E-state index >= 15 is 8.78 Å². The lowest BCUT2D eigenvalue weighted by atomic mass is 10.0. The molecule has 0 saturated carbocycles. The minimum Gasteiger partial charge on any atom is -0.454 e. The van der Waals surface area contributed by atoms with Gasteiger partial charge < -0.3 is 25.0 Å². The van der Waals surface area contributed by atoms with Crippen LogP contribution in [0.3, 0.4) is 0 Å². The zero-order chi connectivity index (χ0) is 39.5. The Labute approximate surface area is 323 Å². The van der Waals surface area contributed by atoms with Gasteiger partial charge in [0.1, 0.15) is 12.6 Å². The molecule has 55 heavy (non-hydrogen) atoms. The third-order valence-corrected chi connectivity index (χ3v) is 9.07. The van der Waals surface area contributed by atoms with Gasteiger partial charge in [-0.1, -0.05) is 103 Å². The molecule has 0 fully saturated rings. The number of halogens is 3. The molecule has 12 heteroatoms. The average Bonchev–Trinajstić information content (AvgIpc) is 3.17. The molecule has 3 amide bonds. The third kappa shape index (κ3) is 11.0. The molecular weight excluding hydrogens is 728 g/mol. The van der Waals surface area contributed by atoms with Crippen LogP contribution in [0.5, 0.6) is 0 Å². The maximum Gasteiger partial charge on any atom is 0.408 e. The van der Waals surface area contributed by atoms with Gasteiger partial charge >= 0.3 is 18.0 Å². The van der Waals surface area contributed by atoms with Crippen LogP contribution in [0.15, 0.2) is 127 Å². The number of nitrogens with zero attached hydrogens (tertiary/aromatic N) is 1. The van der Waals surface area contributed by atoms with Gasteiger partial charge in [-0.15, -0.1) is 0 Å². The van der Waals surface area contributed by atoms with E-state index in [2.05, 4.69) is 10.6 Å². The number of rotatable bonds is 14. The topological polar surface area (TPSA) is 114 Å². The molecule has 0 radical (unpaired) electrons. The van der Waals surface area contributed by atoms with Gasteiger partial charge in [-0.05, 0) is 72.5 Å². The number of carbonyl (C=O) groups excluding carboxylic acids is 4. The second-order valence-corrected chi connectivity index (χ2v) is 13.4. The Morgan fingerprint density at radius 2 is 1.42 bits per heavy atom. The van der Waals surface area contributed by atoms with Crippen molar-refractivity contribution < 1.29 is 37.4 Å². The van der Waals surface area contributed by atoms with Crippen LogP contribution >= 0.6 is 11.6 Å². The van der Waals surface area contributed by atoms with Gasteiger partial charge in [-0.2, -0.15) is 8.78 Å². The van der Waals surface area contributed by atoms with Crippen LogP contribution in [0.4, 0.5) is 25.0 Å². The standard InChI is InChI=1S/C43H40ClF2N3O6/c1-28-14-23-38(36(44)24-28)49(3)40(51)33-17-21-35(22-18-33)47-39(50)26-31-15-19-34(20-16-31)43(45,46)29(2)55-41(52)37(25-30-10-6-4-7-11-30)48-42(53)54-27-32-12-8-5-9-13-32/h4-24,29,37H,25-27H2,1-3H3,(H,47,50)(H,48,53)/t29-,37?/m1/s1. The van der Waals surface area contributed by atoms with E-state index in [0.717, 1.165) is 18.1 Å². The van der Waals surface area contributed by atoms with Crippen molar-refractivity contribution in [1.82, 2.24) is 5.32 Å². The van der Waals surface area contributed by atoms with Crippen LogP contribution in [-0.2, 0) is 44.4 Å². The minimum atomic E-state index is -3.61. The van der Waals surface area contributed by atoms with Gasteiger partial charge in [0.15, 0.2) is 6.10 Å². The predicted molar refractivity (Wildman–Crippen MR) is 207 cm³/mol. The fourth-order valence-corrected chi connectivity index (χ4v) is 6.00. The number of esters is 1. The summed E-state index contributed by atoms with van der Waals surface area (Å²) in [5, 5.41) is 5.65. The summed E-state index contributed by atoms with van der Waals surface area (Å²) in [7, 11) is 1.62. The highest BCUT2D eigenvalue weighted by Gasteiger charge is 2.42. The molecule has 0 aliphatic carbocycles. The average molecular weight is 768 g/mol. The molecule has 0 aliphatic heterocycles. The smallest absolute Gasteiger partial charge is 0.408 e. The SMILES string of the molecule is Cc1ccc(N(C)C(=O)c2ccc(NC(=O)Cc3ccc(C(F)(F)[C@@H](C)OC(=O)C(Cc4ccccc4)NC(=O)OCc4ccccc4)cc3)cc2)c(Cl)c1. The Morgan fingerprint density at radius 1 is 0.800 bits per heavy atom. The summed E-state index contributed by atoms with van der Waals surface area (Å²) in [5.74, 6) is -5.35. The number of benzene rings is 5. The van der Waals surface area contributed by atoms with Crippen molar-refractivity contribution in [3.8, 4) is 0 Å². The van der Waals surface area contributed by atoms with Crippen LogP contribution in [0, 0.1) is 6.92 Å². The Hall–Kier alpha value is -6.07. The van der Waals surface area contributed by atoms with Crippen molar-refractivity contribution in [3.05, 3.63) is 166 Å². The number of hydrogen-bond donors (Lipinski definition) is 2. The van der Waals surface area contributed by atoms with E-state index in [-0.39, 0.29) is 25.4 Å². The lowest BCUT2D eigenvalue weighted by Crippen LogP contribution is -2.46. The Balaban J connectivity index is 1.16. The molecule has 0 saturated heterocycles. The van der Waals surface area contributed by atoms with E-state index < -0.39 is 41.6 Å². The van der Waals surface area contributed by atoms with E-state index in [1.165, 1.54) is 29.2 Å². The second kappa shape index (κ2) is 18.3. The number of amides is 3. The van der Waals surface area contributed by atoms with Crippen molar-refractivity contribution in [2.24, 2.45) is 0 Å². The number of ether oxygens (including phenoxy) is 2. The van der Waals surface area contributed by atoms with Crippen molar-refractivity contribution in [2.45, 2.75) is 51.4 Å². The van der Waals surface area contributed by atoms with Gasteiger partial charge in [-0.25, -0.2) is 9.59 Å². The number of anilines is 2. The van der Waals surface area contributed by atoms with Crippen LogP contribution in [0.1, 0.15) is 45.1 Å². The normalized spacial score (nSPS) is 12.2. The molecule has 5 aromatic rings. The first-order chi connectivity index (χ1) is 26.3. The number of alkyl halides is 2. The fraction of sp³-hybridized carbons (Fsp3) is 0.209. The van der Waals surface area contributed by atoms with Crippen molar-refractivity contribution in [2.75, 3.05) is 17.3 Å². The molecular formula is C43H40ClF2N3O6. The molecule has 0 bridgehead atoms. The maximum atomic E-state index is 15.6. The van der Waals surface area contributed by atoms with E-state index in [0.29, 0.717) is 33.1 Å². The highest BCUT2D eigenvalue weighted by atomic mass is 35.5. The predicted octanol–water partition coefficient (Wildman–Crippen LogP) is 8.67. The molecule has 2 N–H and O–H groups in total. The molecule has 0 aliphatic rings. The first-order valence-electron chi connectivity index (χ1n) is 17.4. The highest BCUT2D eigenvalue weighted by molar-refractivity contribution is 6.34. The van der Waals surface area contributed by atoms with Crippen LogP contribution < -0.4 is 15.5 Å². The van der Waals surface area contributed by atoms with Crippen LogP contribution in [0.25, 0.3) is 0 Å². The molecule has 5 aromatic carbocycles. The summed E-state index contributed by atoms with van der Waals surface area (Å²) in [4.78, 5) is 53.1. The van der Waals surface area contributed by atoms with E-state index in [4.69, 9.17) is 21.1 Å². The van der Waals surface area contributed by atoms with Crippen molar-refractivity contribution in [3.63, 3.8) is 0 Å². The van der Waals surface area contributed by atoms with Gasteiger partial charge in [0, 0.05) is 30.3 Å². The largest absolute Gasteiger partial charge is 0.454 e. The monoisotopic (exact) mass is 767 g/mol. The lowest BCUT2D eigenvalue weighted by Gasteiger charge is -2.26. The first kappa shape index (κ1) is 40.1. The van der Waals surface area contributed by atoms with Gasteiger partial charge in [0.25, 0.3) is 5.91 Å². The summed E-state index contributed by atoms with van der Waals surface area (Å²) < 4.78 is 41.7. The molecule has 0 aromatic heterocycles. The summed E-state index contributed by atoms with van der Waals surface area (Å²) in [6, 6.07) is 33.3. The molecule has 1 unspecified atom stereocenters. The third-order valence-electron chi connectivity index (χ3n) is 8.76. The van der Waals surface area contributed by atoms with Gasteiger partial charge in [0.05, 0.1) is 17.1 Å². The zero-order valence-corrected chi connectivity index (χ0v) is 31.2. The number of alkyl carbamates (subject to hydrolysis) is 1. The number of nitrogens with one attached hydrogen (secondary N) is 2. The van der Waals surface area contributed by atoms with Crippen LogP contribution in [0.2, 0.25) is 5.02 Å². The fourth-order valence-electron chi connectivity index (χ4n) is 5.63. The zero-order valence-electron chi connectivity index (χ0n) is 30.4. The van der Waals surface area contributed by atoms with Gasteiger partial charge in [-0.3, -0.25) is 9.59 Å². The summed E-state index contributed by atoms with van der Waals surface area (Å²) in [5.41, 5.74) is 3.80. The minimum absolute atomic E-state index is 0.0158. The van der Waals surface area contributed by atoms with Gasteiger partial charge in [0.2, 0.25) is 5.91 Å². The summed E-state index contributed by atoms with van der Waals surface area (Å²) >= 11 is 6.33. The number of carbonyl (C=O) groups is 4. The molecule has 5 rings (SSSR count). The van der Waals surface area contributed by atoms with E-state index in [1.54, 1.807) is 98.0 Å². The van der Waals surface area contributed by atoms with Crippen molar-refractivity contribution in [1.29, 1.82) is 0 Å². The Kier molecular flexibility index (Phi) is 13.4. The molecule has 2 atom stereocenters. The van der Waals surface area contributed by atoms with E-state index in [9.17, 15) is 19.2 Å². The van der Waals surface area contributed by atoms with Crippen molar-refractivity contribution >= 4 is 46.9 Å². The Bertz CT molecular complexity index is 2100. The first-order valence-corrected chi connectivity index (χ1v) is 17.8. The highest BCUT2D eigenvalue weighted by Crippen LogP contribution is 2.34. The molecule has 284 valence electrons. The van der Waals surface area contributed by atoms with E-state index in [1.807, 2.05) is 19.1 Å². The second-order valence-electron chi connectivity index (χ2n) is 13.0. The quantitative estimate of drug-likeness (QED) is 0.109. The number of aryl methyl sites for hydroxylation is 1. The van der Waals surface area contributed by atoms with Crippen LogP contribution in [-0.4, -0.2) is 43.1 Å². The number of hydrogen-bond acceptors (Lipinski definition) is 6. The summed E-state index contributed by atoms with van der Waals surface area (Å²) in [6.07, 6.45) is -2.93. The molecule has 9 nitrogen and oxygen atoms in total. The lowest BCUT2D eigenvalue weighted by molar-refractivity contribution is -0.175. The Morgan fingerprint density at radius 3 is 2.04 bits per heavy atom. The molecule has 0 heterocycles. The molecule has 0 spiro atoms. The maximum absolute atomic E-state index is 15.6. The summed E-state index contributed by atoms with van der Waals surface area (Å²) in [6.45, 7) is 2.92.